The van der Waals surface area contributed by atoms with E-state index in [-0.39, 0.29) is 21.7 Å². The molecule has 0 amide bonds. The van der Waals surface area contributed by atoms with Crippen LogP contribution in [-0.4, -0.2) is 0 Å². The molecule has 0 nitrogen and oxygen atoms in total. The SMILES string of the molecule is CC1(C)c2ccccc2-c2c(-c3cc(-c4cccc5c4-c4ccccc4C5(C)C)cc(C4(c5cc(-c6cccc7c6-c6ccccc6C7(C)C)cc(-c6cccc7c6-c6ccccc6C7(C)C)c5)c5cc(-c6ccccc6)ccc5-c5c4ccc4c5-c5ccccc5C45c4ccccc4-c4ccccc45)c3)cccc21. The molecule has 0 fully saturated rings. The highest BCUT2D eigenvalue weighted by Crippen LogP contribution is 2.70. The maximum atomic E-state index is 2.68. The minimum absolute atomic E-state index is 0.234. The van der Waals surface area contributed by atoms with E-state index in [0.29, 0.717) is 0 Å². The molecule has 0 radical (unpaired) electrons. The van der Waals surface area contributed by atoms with Crippen LogP contribution in [-0.2, 0) is 32.5 Å². The van der Waals surface area contributed by atoms with E-state index in [0.717, 1.165) is 0 Å². The maximum absolute atomic E-state index is 2.68. The number of hydrogen-bond acceptors (Lipinski definition) is 0. The fraction of sp³-hybridized carbons (Fsp3) is 0.127. The largest absolute Gasteiger partial charge is 0.0725 e. The molecule has 0 saturated heterocycles. The second-order valence-electron chi connectivity index (χ2n) is 34.4. The number of hydrogen-bond donors (Lipinski definition) is 0. The molecule has 0 saturated carbocycles. The van der Waals surface area contributed by atoms with E-state index in [1.807, 2.05) is 0 Å². The molecule has 7 aliphatic rings. The van der Waals surface area contributed by atoms with Gasteiger partial charge in [-0.2, -0.15) is 0 Å². The Hall–Kier alpha value is -12.5. The van der Waals surface area contributed by atoms with Crippen LogP contribution in [0.1, 0.15) is 144 Å². The molecule has 16 aromatic rings. The summed E-state index contributed by atoms with van der Waals surface area (Å²) in [5.41, 5.74) is 49.0. The predicted molar refractivity (Wildman–Crippen MR) is 457 cm³/mol. The van der Waals surface area contributed by atoms with Crippen molar-refractivity contribution in [1.82, 2.24) is 0 Å². The quantitative estimate of drug-likeness (QED) is 0.149. The smallest absolute Gasteiger partial charge is 0.0622 e. The zero-order valence-electron chi connectivity index (χ0n) is 63.3. The number of benzene rings is 16. The third-order valence-electron chi connectivity index (χ3n) is 27.8. The monoisotopic (exact) mass is 1400 g/mol. The minimum atomic E-state index is -1.04. The van der Waals surface area contributed by atoms with Crippen molar-refractivity contribution < 1.29 is 0 Å². The molecule has 16 aromatic carbocycles. The van der Waals surface area contributed by atoms with Crippen LogP contribution in [0.4, 0.5) is 0 Å². The van der Waals surface area contributed by atoms with Gasteiger partial charge in [0.15, 0.2) is 0 Å². The molecule has 0 heteroatoms. The first-order valence-electron chi connectivity index (χ1n) is 39.5. The van der Waals surface area contributed by atoms with Crippen molar-refractivity contribution in [2.45, 2.75) is 87.9 Å². The Labute approximate surface area is 645 Å². The van der Waals surface area contributed by atoms with Gasteiger partial charge < -0.3 is 0 Å². The van der Waals surface area contributed by atoms with E-state index in [9.17, 15) is 0 Å². The van der Waals surface area contributed by atoms with E-state index < -0.39 is 10.8 Å². The summed E-state index contributed by atoms with van der Waals surface area (Å²) in [6.07, 6.45) is 0. The lowest BCUT2D eigenvalue weighted by Crippen LogP contribution is -2.29. The molecular formula is C110H80. The Morgan fingerprint density at radius 1 is 0.136 bits per heavy atom. The van der Waals surface area contributed by atoms with Crippen LogP contribution in [0.5, 0.6) is 0 Å². The van der Waals surface area contributed by atoms with Crippen LogP contribution in [0.2, 0.25) is 0 Å². The molecule has 0 unspecified atom stereocenters. The molecule has 0 bridgehead atoms. The topological polar surface area (TPSA) is 0 Å². The van der Waals surface area contributed by atoms with Crippen molar-refractivity contribution >= 4 is 0 Å². The van der Waals surface area contributed by atoms with Crippen molar-refractivity contribution in [2.24, 2.45) is 0 Å². The lowest BCUT2D eigenvalue weighted by Gasteiger charge is -2.36. The van der Waals surface area contributed by atoms with Gasteiger partial charge in [0.25, 0.3) is 0 Å². The van der Waals surface area contributed by atoms with Gasteiger partial charge in [0, 0.05) is 21.7 Å². The summed E-state index contributed by atoms with van der Waals surface area (Å²) in [5.74, 6) is 0. The molecule has 0 aromatic heterocycles. The highest BCUT2D eigenvalue weighted by Gasteiger charge is 2.56. The molecule has 23 rings (SSSR count). The first-order chi connectivity index (χ1) is 53.6. The van der Waals surface area contributed by atoms with E-state index in [4.69, 9.17) is 0 Å². The second kappa shape index (κ2) is 22.1. The number of fused-ring (bicyclic) bond motifs is 26. The summed E-state index contributed by atoms with van der Waals surface area (Å²) in [5, 5.41) is 0. The molecular weight excluding hydrogens is 1320 g/mol. The molecule has 0 heterocycles. The van der Waals surface area contributed by atoms with Gasteiger partial charge in [-0.15, -0.1) is 0 Å². The van der Waals surface area contributed by atoms with Crippen LogP contribution in [0.3, 0.4) is 0 Å². The molecule has 0 aliphatic heterocycles. The first kappa shape index (κ1) is 63.6. The fourth-order valence-electron chi connectivity index (χ4n) is 22.9. The van der Waals surface area contributed by atoms with E-state index >= 15 is 0 Å². The molecule has 0 N–H and O–H groups in total. The summed E-state index contributed by atoms with van der Waals surface area (Å²) in [7, 11) is 0. The summed E-state index contributed by atoms with van der Waals surface area (Å²) >= 11 is 0. The number of rotatable bonds is 7. The molecule has 7 aliphatic carbocycles. The highest BCUT2D eigenvalue weighted by molar-refractivity contribution is 6.07. The third-order valence-corrected chi connectivity index (χ3v) is 27.8. The van der Waals surface area contributed by atoms with Crippen molar-refractivity contribution in [3.63, 3.8) is 0 Å². The van der Waals surface area contributed by atoms with Gasteiger partial charge in [-0.25, -0.2) is 0 Å². The standard InChI is InChI=1S/C110H80/c1-105(2)85-43-19-14-34-79(85)99-73(39-26-50-92(99)105)67-58-68(74-40-27-51-93-100(74)80-35-15-20-44-86(80)106(93,3)4)61-71(60-67)109(72-62-69(75-41-28-52-94-101(75)81-36-16-21-45-87(81)107(94,5)6)59-70(63-72)76-42-29-53-95-102(76)82-37-17-22-46-88(82)108(95,7)8)96-56-57-97-103(104(96)84-55-54-66(64-98(84)109)65-30-10-9-11-31-65)83-38-18-25-49-91(83)110(97)89-47-23-12-32-77(89)78-33-13-24-48-90(78)110/h9-64H,1-8H3. The average Bonchev–Trinajstić information content (AvgIpc) is 1.45. The highest BCUT2D eigenvalue weighted by atomic mass is 14.6. The van der Waals surface area contributed by atoms with Gasteiger partial charge in [0.1, 0.15) is 0 Å². The Morgan fingerprint density at radius 3 is 0.755 bits per heavy atom. The van der Waals surface area contributed by atoms with Gasteiger partial charge >= 0.3 is 0 Å². The van der Waals surface area contributed by atoms with E-state index in [2.05, 4.69) is 395 Å². The summed E-state index contributed by atoms with van der Waals surface area (Å²) in [4.78, 5) is 0. The fourth-order valence-corrected chi connectivity index (χ4v) is 22.9. The predicted octanol–water partition coefficient (Wildman–Crippen LogP) is 28.0. The Balaban J connectivity index is 0.927. The summed E-state index contributed by atoms with van der Waals surface area (Å²) in [6.45, 7) is 19.4. The third kappa shape index (κ3) is 8.00. The van der Waals surface area contributed by atoms with Gasteiger partial charge in [0.2, 0.25) is 0 Å². The van der Waals surface area contributed by atoms with Gasteiger partial charge in [-0.1, -0.05) is 353 Å². The van der Waals surface area contributed by atoms with Crippen molar-refractivity contribution in [3.8, 4) is 134 Å². The van der Waals surface area contributed by atoms with Crippen LogP contribution >= 0.6 is 0 Å². The molecule has 1 spiro atoms. The van der Waals surface area contributed by atoms with Crippen LogP contribution in [0, 0.1) is 0 Å². The summed E-state index contributed by atoms with van der Waals surface area (Å²) in [6, 6.07) is 134. The van der Waals surface area contributed by atoms with Crippen LogP contribution in [0.25, 0.3) is 134 Å². The Kier molecular flexibility index (Phi) is 12.8. The zero-order chi connectivity index (χ0) is 73.7. The first-order valence-corrected chi connectivity index (χ1v) is 39.5. The van der Waals surface area contributed by atoms with Crippen molar-refractivity contribution in [1.29, 1.82) is 0 Å². The second-order valence-corrected chi connectivity index (χ2v) is 34.4. The van der Waals surface area contributed by atoms with E-state index in [1.54, 1.807) is 0 Å². The lowest BCUT2D eigenvalue weighted by molar-refractivity contribution is 0.660. The van der Waals surface area contributed by atoms with Crippen molar-refractivity contribution in [2.75, 3.05) is 0 Å². The minimum Gasteiger partial charge on any atom is -0.0622 e. The lowest BCUT2D eigenvalue weighted by atomic mass is 9.65. The van der Waals surface area contributed by atoms with Crippen LogP contribution in [0.15, 0.2) is 340 Å². The van der Waals surface area contributed by atoms with Gasteiger partial charge in [-0.05, 0) is 265 Å². The maximum Gasteiger partial charge on any atom is 0.0725 e. The van der Waals surface area contributed by atoms with Crippen molar-refractivity contribution in [3.05, 3.63) is 429 Å². The molecule has 0 atom stereocenters. The van der Waals surface area contributed by atoms with Gasteiger partial charge in [0.05, 0.1) is 10.8 Å². The van der Waals surface area contributed by atoms with Crippen LogP contribution < -0.4 is 0 Å². The zero-order valence-corrected chi connectivity index (χ0v) is 63.3. The average molecular weight is 1400 g/mol. The molecule has 520 valence electrons. The Bertz CT molecular complexity index is 6210. The Morgan fingerprint density at radius 2 is 0.400 bits per heavy atom. The van der Waals surface area contributed by atoms with E-state index in [1.165, 1.54) is 223 Å². The van der Waals surface area contributed by atoms with Gasteiger partial charge in [-0.3, -0.25) is 0 Å². The normalized spacial score (nSPS) is 16.1. The summed E-state index contributed by atoms with van der Waals surface area (Å²) < 4.78 is 0. The molecule has 110 heavy (non-hydrogen) atoms.